The summed E-state index contributed by atoms with van der Waals surface area (Å²) < 4.78 is 5.08. The summed E-state index contributed by atoms with van der Waals surface area (Å²) in [5, 5.41) is 5.22. The van der Waals surface area contributed by atoms with Crippen LogP contribution < -0.4 is 5.32 Å². The van der Waals surface area contributed by atoms with E-state index < -0.39 is 16.7 Å². The Hall–Kier alpha value is -1.27. The number of hydrogen-bond donors (Lipinski definition) is 1. The van der Waals surface area contributed by atoms with Crippen LogP contribution in [0.5, 0.6) is 0 Å². The zero-order chi connectivity index (χ0) is 17.0. The first-order valence-electron chi connectivity index (χ1n) is 6.57. The first-order chi connectivity index (χ1) is 10.9. The third-order valence-electron chi connectivity index (χ3n) is 2.86. The number of esters is 1. The van der Waals surface area contributed by atoms with Crippen LogP contribution in [0.25, 0.3) is 11.1 Å². The molecule has 0 aliphatic heterocycles. The maximum Gasteiger partial charge on any atom is 0.341 e. The van der Waals surface area contributed by atoms with E-state index >= 15 is 0 Å². The number of benzene rings is 1. The van der Waals surface area contributed by atoms with Crippen LogP contribution in [0.15, 0.2) is 29.6 Å². The van der Waals surface area contributed by atoms with Gasteiger partial charge in [-0.25, -0.2) is 4.79 Å². The van der Waals surface area contributed by atoms with Gasteiger partial charge >= 0.3 is 5.97 Å². The van der Waals surface area contributed by atoms with Gasteiger partial charge in [-0.3, -0.25) is 4.79 Å². The fourth-order valence-electron chi connectivity index (χ4n) is 1.86. The third kappa shape index (κ3) is 4.38. The van der Waals surface area contributed by atoms with Crippen molar-refractivity contribution >= 4 is 63.0 Å². The van der Waals surface area contributed by atoms with Crippen molar-refractivity contribution in [1.29, 1.82) is 0 Å². The van der Waals surface area contributed by atoms with Crippen molar-refractivity contribution in [3.63, 3.8) is 0 Å². The van der Waals surface area contributed by atoms with Gasteiger partial charge in [0.05, 0.1) is 6.61 Å². The second kappa shape index (κ2) is 8.02. The summed E-state index contributed by atoms with van der Waals surface area (Å²) in [6.45, 7) is 1.92. The molecule has 0 aliphatic carbocycles. The van der Waals surface area contributed by atoms with Crippen molar-refractivity contribution in [2.45, 2.75) is 11.8 Å². The number of amides is 1. The van der Waals surface area contributed by atoms with Crippen molar-refractivity contribution in [2.24, 2.45) is 0 Å². The average molecular weight is 393 g/mol. The number of carbonyl (C=O) groups is 2. The van der Waals surface area contributed by atoms with Crippen molar-refractivity contribution in [1.82, 2.24) is 0 Å². The topological polar surface area (TPSA) is 55.4 Å². The molecule has 8 heteroatoms. The summed E-state index contributed by atoms with van der Waals surface area (Å²) in [5.74, 6) is -1.14. The lowest BCUT2D eigenvalue weighted by atomic mass is 10.0. The highest BCUT2D eigenvalue weighted by atomic mass is 35.5. The van der Waals surface area contributed by atoms with E-state index in [2.05, 4.69) is 5.32 Å². The smallest absolute Gasteiger partial charge is 0.341 e. The molecule has 1 N–H and O–H groups in total. The lowest BCUT2D eigenvalue weighted by Gasteiger charge is -2.09. The SMILES string of the molecule is CCOC(=O)c1c(-c2ccc(Cl)cc2)csc1NC(=O)C(Cl)Cl. The molecule has 23 heavy (non-hydrogen) atoms. The number of anilines is 1. The van der Waals surface area contributed by atoms with Crippen LogP contribution in [-0.2, 0) is 9.53 Å². The molecule has 122 valence electrons. The summed E-state index contributed by atoms with van der Waals surface area (Å²) in [6.07, 6.45) is 0. The van der Waals surface area contributed by atoms with E-state index in [0.717, 1.165) is 5.56 Å². The fourth-order valence-corrected chi connectivity index (χ4v) is 3.06. The molecule has 0 fully saturated rings. The Balaban J connectivity index is 2.46. The maximum absolute atomic E-state index is 12.3. The molecule has 4 nitrogen and oxygen atoms in total. The first-order valence-corrected chi connectivity index (χ1v) is 8.70. The van der Waals surface area contributed by atoms with Crippen molar-refractivity contribution in [3.05, 3.63) is 40.2 Å². The monoisotopic (exact) mass is 391 g/mol. The Kier molecular flexibility index (Phi) is 6.30. The van der Waals surface area contributed by atoms with E-state index in [-0.39, 0.29) is 12.2 Å². The number of ether oxygens (including phenoxy) is 1. The zero-order valence-electron chi connectivity index (χ0n) is 11.9. The second-order valence-electron chi connectivity index (χ2n) is 4.37. The Morgan fingerprint density at radius 1 is 1.26 bits per heavy atom. The van der Waals surface area contributed by atoms with E-state index in [1.165, 1.54) is 11.3 Å². The molecule has 0 unspecified atom stereocenters. The molecule has 1 aromatic carbocycles. The molecular formula is C15H12Cl3NO3S. The molecular weight excluding hydrogens is 381 g/mol. The molecule has 2 rings (SSSR count). The Morgan fingerprint density at radius 3 is 2.48 bits per heavy atom. The molecule has 0 spiro atoms. The Labute approximate surface area is 152 Å². The lowest BCUT2D eigenvalue weighted by molar-refractivity contribution is -0.114. The molecule has 2 aromatic rings. The van der Waals surface area contributed by atoms with Gasteiger partial charge in [0.25, 0.3) is 5.91 Å². The van der Waals surface area contributed by atoms with Crippen LogP contribution in [-0.4, -0.2) is 23.3 Å². The highest BCUT2D eigenvalue weighted by Crippen LogP contribution is 2.36. The van der Waals surface area contributed by atoms with E-state index in [1.807, 2.05) is 0 Å². The number of carbonyl (C=O) groups excluding carboxylic acids is 2. The van der Waals surface area contributed by atoms with Gasteiger partial charge in [0.2, 0.25) is 0 Å². The largest absolute Gasteiger partial charge is 0.462 e. The highest BCUT2D eigenvalue weighted by molar-refractivity contribution is 7.15. The number of alkyl halides is 2. The summed E-state index contributed by atoms with van der Waals surface area (Å²) in [5.41, 5.74) is 1.69. The number of thiophene rings is 1. The molecule has 1 heterocycles. The predicted molar refractivity (Wildman–Crippen MR) is 94.8 cm³/mol. The van der Waals surface area contributed by atoms with Crippen molar-refractivity contribution in [3.8, 4) is 11.1 Å². The van der Waals surface area contributed by atoms with E-state index in [1.54, 1.807) is 36.6 Å². The third-order valence-corrected chi connectivity index (χ3v) is 4.40. The van der Waals surface area contributed by atoms with E-state index in [0.29, 0.717) is 15.6 Å². The lowest BCUT2D eigenvalue weighted by Crippen LogP contribution is -2.19. The van der Waals surface area contributed by atoms with Gasteiger partial charge in [0.15, 0.2) is 4.84 Å². The molecule has 1 amide bonds. The Morgan fingerprint density at radius 2 is 1.91 bits per heavy atom. The van der Waals surface area contributed by atoms with Gasteiger partial charge in [-0.2, -0.15) is 0 Å². The highest BCUT2D eigenvalue weighted by Gasteiger charge is 2.24. The minimum atomic E-state index is -1.23. The standard InChI is InChI=1S/C15H12Cl3NO3S/c1-2-22-15(21)11-10(8-3-5-9(16)6-4-8)7-23-14(11)19-13(20)12(17)18/h3-7,12H,2H2,1H3,(H,19,20). The predicted octanol–water partition coefficient (Wildman–Crippen LogP) is 4.99. The van der Waals surface area contributed by atoms with Crippen LogP contribution in [0.3, 0.4) is 0 Å². The average Bonchev–Trinajstić information content (AvgIpc) is 2.91. The van der Waals surface area contributed by atoms with Crippen LogP contribution in [0.1, 0.15) is 17.3 Å². The summed E-state index contributed by atoms with van der Waals surface area (Å²) in [6, 6.07) is 7.00. The number of hydrogen-bond acceptors (Lipinski definition) is 4. The van der Waals surface area contributed by atoms with Crippen LogP contribution in [0.4, 0.5) is 5.00 Å². The van der Waals surface area contributed by atoms with Gasteiger partial charge < -0.3 is 10.1 Å². The van der Waals surface area contributed by atoms with Gasteiger partial charge in [-0.15, -0.1) is 11.3 Å². The van der Waals surface area contributed by atoms with E-state index in [4.69, 9.17) is 39.5 Å². The molecule has 0 bridgehead atoms. The van der Waals surface area contributed by atoms with Crippen molar-refractivity contribution < 1.29 is 14.3 Å². The number of nitrogens with one attached hydrogen (secondary N) is 1. The maximum atomic E-state index is 12.3. The molecule has 1 aromatic heterocycles. The molecule has 0 radical (unpaired) electrons. The second-order valence-corrected chi connectivity index (χ2v) is 6.78. The minimum Gasteiger partial charge on any atom is -0.462 e. The van der Waals surface area contributed by atoms with E-state index in [9.17, 15) is 9.59 Å². The number of rotatable bonds is 5. The molecule has 0 atom stereocenters. The van der Waals surface area contributed by atoms with Crippen LogP contribution >= 0.6 is 46.1 Å². The summed E-state index contributed by atoms with van der Waals surface area (Å²) in [7, 11) is 0. The zero-order valence-corrected chi connectivity index (χ0v) is 15.0. The molecule has 0 saturated carbocycles. The Bertz CT molecular complexity index is 713. The van der Waals surface area contributed by atoms with Gasteiger partial charge in [0.1, 0.15) is 10.6 Å². The quantitative estimate of drug-likeness (QED) is 0.576. The fraction of sp³-hybridized carbons (Fsp3) is 0.200. The van der Waals surface area contributed by atoms with Gasteiger partial charge in [-0.05, 0) is 24.6 Å². The molecule has 0 saturated heterocycles. The summed E-state index contributed by atoms with van der Waals surface area (Å²) in [4.78, 5) is 22.7. The van der Waals surface area contributed by atoms with Crippen LogP contribution in [0.2, 0.25) is 5.02 Å². The molecule has 0 aliphatic rings. The minimum absolute atomic E-state index is 0.218. The van der Waals surface area contributed by atoms with Crippen LogP contribution in [0, 0.1) is 0 Å². The first kappa shape index (κ1) is 18.1. The number of halogens is 3. The van der Waals surface area contributed by atoms with Gasteiger partial charge in [0, 0.05) is 16.0 Å². The normalized spacial score (nSPS) is 10.7. The van der Waals surface area contributed by atoms with Gasteiger partial charge in [-0.1, -0.05) is 46.9 Å². The van der Waals surface area contributed by atoms with Crippen molar-refractivity contribution in [2.75, 3.05) is 11.9 Å². The summed E-state index contributed by atoms with van der Waals surface area (Å²) >= 11 is 18.2.